The van der Waals surface area contributed by atoms with Gasteiger partial charge in [-0.2, -0.15) is 0 Å². The Labute approximate surface area is 64.4 Å². The van der Waals surface area contributed by atoms with Gasteiger partial charge in [0.05, 0.1) is 6.54 Å². The SMILES string of the molecule is CCC1(CC)[C]N(C)CC1. The Balaban J connectivity index is 2.51. The van der Waals surface area contributed by atoms with Gasteiger partial charge >= 0.3 is 0 Å². The zero-order valence-corrected chi connectivity index (χ0v) is 7.28. The van der Waals surface area contributed by atoms with Crippen LogP contribution in [-0.2, 0) is 0 Å². The molecule has 58 valence electrons. The second kappa shape index (κ2) is 2.91. The molecule has 0 atom stereocenters. The molecule has 1 fully saturated rings. The Morgan fingerprint density at radius 3 is 2.20 bits per heavy atom. The molecule has 2 radical (unpaired) electrons. The van der Waals surface area contributed by atoms with Gasteiger partial charge in [0, 0.05) is 0 Å². The molecule has 1 heterocycles. The lowest BCUT2D eigenvalue weighted by Crippen LogP contribution is -2.17. The fraction of sp³-hybridized carbons (Fsp3) is 0.889. The standard InChI is InChI=1S/C9H17N/c1-4-9(5-2)6-7-10(3)8-9/h4-7H2,1-3H3. The molecule has 0 aromatic heterocycles. The van der Waals surface area contributed by atoms with E-state index in [1.165, 1.54) is 25.8 Å². The monoisotopic (exact) mass is 139 g/mol. The van der Waals surface area contributed by atoms with Crippen LogP contribution >= 0.6 is 0 Å². The van der Waals surface area contributed by atoms with E-state index in [0.29, 0.717) is 5.41 Å². The van der Waals surface area contributed by atoms with Crippen molar-refractivity contribution in [2.75, 3.05) is 13.6 Å². The van der Waals surface area contributed by atoms with Gasteiger partial charge in [-0.3, -0.25) is 4.90 Å². The largest absolute Gasteiger partial charge is 0.297 e. The molecule has 0 N–H and O–H groups in total. The van der Waals surface area contributed by atoms with E-state index in [9.17, 15) is 0 Å². The van der Waals surface area contributed by atoms with Crippen LogP contribution in [-0.4, -0.2) is 18.5 Å². The topological polar surface area (TPSA) is 3.24 Å². The molecule has 0 unspecified atom stereocenters. The summed E-state index contributed by atoms with van der Waals surface area (Å²) in [7, 11) is 2.12. The van der Waals surface area contributed by atoms with Gasteiger partial charge in [-0.1, -0.05) is 13.8 Å². The Hall–Kier alpha value is -0.0400. The minimum Gasteiger partial charge on any atom is -0.297 e. The van der Waals surface area contributed by atoms with E-state index in [4.69, 9.17) is 0 Å². The summed E-state index contributed by atoms with van der Waals surface area (Å²) in [6.45, 7) is 9.22. The van der Waals surface area contributed by atoms with E-state index in [0.717, 1.165) is 0 Å². The lowest BCUT2D eigenvalue weighted by Gasteiger charge is -2.23. The molecule has 0 aliphatic carbocycles. The van der Waals surface area contributed by atoms with E-state index in [1.807, 2.05) is 0 Å². The maximum absolute atomic E-state index is 3.50. The Morgan fingerprint density at radius 2 is 2.00 bits per heavy atom. The van der Waals surface area contributed by atoms with Crippen molar-refractivity contribution >= 4 is 0 Å². The van der Waals surface area contributed by atoms with Crippen LogP contribution in [0.1, 0.15) is 33.1 Å². The van der Waals surface area contributed by atoms with Gasteiger partial charge in [-0.15, -0.1) is 0 Å². The van der Waals surface area contributed by atoms with Gasteiger partial charge in [0.1, 0.15) is 0 Å². The van der Waals surface area contributed by atoms with Crippen molar-refractivity contribution in [3.8, 4) is 0 Å². The Morgan fingerprint density at radius 1 is 1.40 bits per heavy atom. The van der Waals surface area contributed by atoms with Crippen molar-refractivity contribution in [3.05, 3.63) is 6.54 Å². The molecule has 1 rings (SSSR count). The number of rotatable bonds is 2. The average Bonchev–Trinajstić information content (AvgIpc) is 2.33. The van der Waals surface area contributed by atoms with Crippen molar-refractivity contribution in [2.45, 2.75) is 33.1 Å². The van der Waals surface area contributed by atoms with E-state index in [1.54, 1.807) is 0 Å². The minimum absolute atomic E-state index is 0.425. The number of nitrogens with zero attached hydrogens (tertiary/aromatic N) is 1. The first-order valence-electron chi connectivity index (χ1n) is 4.21. The van der Waals surface area contributed by atoms with Crippen LogP contribution in [0.5, 0.6) is 0 Å². The quantitative estimate of drug-likeness (QED) is 0.566. The number of hydrogen-bond acceptors (Lipinski definition) is 1. The zero-order chi connectivity index (χ0) is 7.61. The van der Waals surface area contributed by atoms with Gasteiger partial charge in [0.2, 0.25) is 0 Å². The van der Waals surface area contributed by atoms with E-state index >= 15 is 0 Å². The van der Waals surface area contributed by atoms with Crippen LogP contribution in [0.25, 0.3) is 0 Å². The van der Waals surface area contributed by atoms with Crippen LogP contribution in [0.3, 0.4) is 0 Å². The van der Waals surface area contributed by atoms with Crippen molar-refractivity contribution < 1.29 is 0 Å². The van der Waals surface area contributed by atoms with E-state index in [2.05, 4.69) is 32.3 Å². The lowest BCUT2D eigenvalue weighted by molar-refractivity contribution is 0.321. The van der Waals surface area contributed by atoms with Crippen molar-refractivity contribution in [2.24, 2.45) is 5.41 Å². The average molecular weight is 139 g/mol. The second-order valence-electron chi connectivity index (χ2n) is 3.27. The summed E-state index contributed by atoms with van der Waals surface area (Å²) in [5.41, 5.74) is 0.425. The van der Waals surface area contributed by atoms with Gasteiger partial charge in [0.15, 0.2) is 0 Å². The Kier molecular flexibility index (Phi) is 2.35. The normalized spacial score (nSPS) is 25.5. The molecular weight excluding hydrogens is 122 g/mol. The summed E-state index contributed by atoms with van der Waals surface area (Å²) in [6.07, 6.45) is 3.79. The predicted molar refractivity (Wildman–Crippen MR) is 43.5 cm³/mol. The first kappa shape index (κ1) is 8.06. The molecule has 1 aliphatic rings. The Bertz CT molecular complexity index is 105. The first-order chi connectivity index (χ1) is 4.72. The molecule has 0 spiro atoms. The summed E-state index contributed by atoms with van der Waals surface area (Å²) in [6, 6.07) is 0. The molecule has 0 aromatic carbocycles. The molecule has 1 nitrogen and oxygen atoms in total. The third kappa shape index (κ3) is 1.34. The van der Waals surface area contributed by atoms with Crippen molar-refractivity contribution in [1.29, 1.82) is 0 Å². The van der Waals surface area contributed by atoms with Crippen molar-refractivity contribution in [3.63, 3.8) is 0 Å². The van der Waals surface area contributed by atoms with Gasteiger partial charge < -0.3 is 0 Å². The van der Waals surface area contributed by atoms with Crippen LogP contribution in [0.2, 0.25) is 0 Å². The minimum atomic E-state index is 0.425. The molecular formula is C9H17N. The highest BCUT2D eigenvalue weighted by molar-refractivity contribution is 4.95. The lowest BCUT2D eigenvalue weighted by atomic mass is 9.82. The number of likely N-dealkylation sites (tertiary alicyclic amines) is 1. The molecule has 0 saturated carbocycles. The summed E-state index contributed by atoms with van der Waals surface area (Å²) in [5, 5.41) is 0. The predicted octanol–water partition coefficient (Wildman–Crippen LogP) is 2.17. The number of hydrogen-bond donors (Lipinski definition) is 0. The summed E-state index contributed by atoms with van der Waals surface area (Å²) in [4.78, 5) is 2.20. The van der Waals surface area contributed by atoms with Crippen LogP contribution in [0, 0.1) is 12.0 Å². The van der Waals surface area contributed by atoms with Crippen LogP contribution in [0.4, 0.5) is 0 Å². The summed E-state index contributed by atoms with van der Waals surface area (Å²) >= 11 is 0. The molecule has 0 amide bonds. The molecule has 1 saturated heterocycles. The third-order valence-electron chi connectivity index (χ3n) is 2.71. The fourth-order valence-corrected chi connectivity index (χ4v) is 1.66. The smallest absolute Gasteiger partial charge is 0.0681 e. The maximum atomic E-state index is 3.50. The molecule has 0 bridgehead atoms. The third-order valence-corrected chi connectivity index (χ3v) is 2.71. The highest BCUT2D eigenvalue weighted by Gasteiger charge is 2.33. The summed E-state index contributed by atoms with van der Waals surface area (Å²) in [5.74, 6) is 0. The first-order valence-corrected chi connectivity index (χ1v) is 4.21. The molecule has 10 heavy (non-hydrogen) atoms. The highest BCUT2D eigenvalue weighted by atomic mass is 15.1. The fourth-order valence-electron chi connectivity index (χ4n) is 1.66. The van der Waals surface area contributed by atoms with Crippen molar-refractivity contribution in [1.82, 2.24) is 4.90 Å². The second-order valence-corrected chi connectivity index (χ2v) is 3.27. The molecule has 1 heteroatoms. The maximum Gasteiger partial charge on any atom is 0.0681 e. The van der Waals surface area contributed by atoms with E-state index < -0.39 is 0 Å². The van der Waals surface area contributed by atoms with Gasteiger partial charge in [0.25, 0.3) is 0 Å². The molecule has 1 aliphatic heterocycles. The van der Waals surface area contributed by atoms with Crippen LogP contribution in [0.15, 0.2) is 0 Å². The van der Waals surface area contributed by atoms with Crippen LogP contribution < -0.4 is 0 Å². The molecule has 0 aromatic rings. The van der Waals surface area contributed by atoms with Gasteiger partial charge in [-0.25, -0.2) is 0 Å². The zero-order valence-electron chi connectivity index (χ0n) is 7.28. The summed E-state index contributed by atoms with van der Waals surface area (Å²) < 4.78 is 0. The highest BCUT2D eigenvalue weighted by Crippen LogP contribution is 2.39. The van der Waals surface area contributed by atoms with Gasteiger partial charge in [-0.05, 0) is 38.3 Å². The van der Waals surface area contributed by atoms with E-state index in [-0.39, 0.29) is 0 Å².